The first-order valence-electron chi connectivity index (χ1n) is 7.60. The Bertz CT molecular complexity index is 841. The highest BCUT2D eigenvalue weighted by Gasteiger charge is 2.15. The van der Waals surface area contributed by atoms with Gasteiger partial charge in [-0.3, -0.25) is 0 Å². The highest BCUT2D eigenvalue weighted by Crippen LogP contribution is 2.22. The molecule has 2 aromatic heterocycles. The maximum Gasteiger partial charge on any atom is 0.360 e. The number of hydrogen-bond donors (Lipinski definition) is 1. The Morgan fingerprint density at radius 2 is 2.00 bits per heavy atom. The number of ether oxygens (including phenoxy) is 1. The van der Waals surface area contributed by atoms with E-state index in [9.17, 15) is 4.79 Å². The SMILES string of the molecule is CCOC(=O)c1cc(-c2cccc(Nc3ccc(C)cc3)n2)on1. The summed E-state index contributed by atoms with van der Waals surface area (Å²) < 4.78 is 10.1. The van der Waals surface area contributed by atoms with Crippen LogP contribution in [0.15, 0.2) is 53.1 Å². The third-order valence-electron chi connectivity index (χ3n) is 3.32. The molecule has 0 bridgehead atoms. The lowest BCUT2D eigenvalue weighted by Gasteiger charge is -2.06. The Balaban J connectivity index is 1.80. The Kier molecular flexibility index (Phi) is 4.56. The quantitative estimate of drug-likeness (QED) is 0.716. The molecule has 0 radical (unpaired) electrons. The van der Waals surface area contributed by atoms with E-state index in [0.717, 1.165) is 5.69 Å². The summed E-state index contributed by atoms with van der Waals surface area (Å²) in [6.07, 6.45) is 0. The summed E-state index contributed by atoms with van der Waals surface area (Å²) in [4.78, 5) is 16.1. The van der Waals surface area contributed by atoms with Gasteiger partial charge in [0.05, 0.1) is 6.61 Å². The van der Waals surface area contributed by atoms with Gasteiger partial charge in [0.1, 0.15) is 11.5 Å². The van der Waals surface area contributed by atoms with E-state index in [2.05, 4.69) is 15.5 Å². The predicted molar refractivity (Wildman–Crippen MR) is 90.2 cm³/mol. The number of hydrogen-bond acceptors (Lipinski definition) is 6. The fourth-order valence-corrected chi connectivity index (χ4v) is 2.12. The van der Waals surface area contributed by atoms with E-state index in [1.165, 1.54) is 11.6 Å². The number of carbonyl (C=O) groups excluding carboxylic acids is 1. The van der Waals surface area contributed by atoms with Crippen molar-refractivity contribution in [2.24, 2.45) is 0 Å². The third kappa shape index (κ3) is 3.60. The van der Waals surface area contributed by atoms with Crippen LogP contribution < -0.4 is 5.32 Å². The molecule has 1 aromatic carbocycles. The molecule has 0 saturated heterocycles. The molecule has 0 aliphatic rings. The summed E-state index contributed by atoms with van der Waals surface area (Å²) in [5.74, 6) is 0.567. The molecular formula is C18H17N3O3. The summed E-state index contributed by atoms with van der Waals surface area (Å²) >= 11 is 0. The predicted octanol–water partition coefficient (Wildman–Crippen LogP) is 3.97. The molecule has 3 aromatic rings. The molecule has 24 heavy (non-hydrogen) atoms. The van der Waals surface area contributed by atoms with Gasteiger partial charge in [-0.2, -0.15) is 0 Å². The summed E-state index contributed by atoms with van der Waals surface area (Å²) in [6, 6.07) is 15.0. The Morgan fingerprint density at radius 1 is 1.21 bits per heavy atom. The largest absolute Gasteiger partial charge is 0.461 e. The van der Waals surface area contributed by atoms with Crippen molar-refractivity contribution < 1.29 is 14.1 Å². The van der Waals surface area contributed by atoms with E-state index >= 15 is 0 Å². The molecule has 122 valence electrons. The maximum absolute atomic E-state index is 11.6. The number of nitrogens with zero attached hydrogens (tertiary/aromatic N) is 2. The highest BCUT2D eigenvalue weighted by atomic mass is 16.5. The van der Waals surface area contributed by atoms with Gasteiger partial charge < -0.3 is 14.6 Å². The van der Waals surface area contributed by atoms with Gasteiger partial charge >= 0.3 is 5.97 Å². The number of aryl methyl sites for hydroxylation is 1. The number of nitrogens with one attached hydrogen (secondary N) is 1. The van der Waals surface area contributed by atoms with Crippen molar-refractivity contribution in [3.8, 4) is 11.5 Å². The van der Waals surface area contributed by atoms with Crippen LogP contribution in [0.5, 0.6) is 0 Å². The van der Waals surface area contributed by atoms with Crippen molar-refractivity contribution in [1.82, 2.24) is 10.1 Å². The lowest BCUT2D eigenvalue weighted by atomic mass is 10.2. The molecule has 1 N–H and O–H groups in total. The Morgan fingerprint density at radius 3 is 2.75 bits per heavy atom. The zero-order valence-corrected chi connectivity index (χ0v) is 13.4. The van der Waals surface area contributed by atoms with Crippen molar-refractivity contribution >= 4 is 17.5 Å². The average molecular weight is 323 g/mol. The number of anilines is 2. The van der Waals surface area contributed by atoms with Gasteiger partial charge in [-0.25, -0.2) is 9.78 Å². The molecule has 6 nitrogen and oxygen atoms in total. The number of aromatic nitrogens is 2. The normalized spacial score (nSPS) is 10.4. The first kappa shape index (κ1) is 15.7. The average Bonchev–Trinajstić information content (AvgIpc) is 3.08. The topological polar surface area (TPSA) is 77.2 Å². The minimum Gasteiger partial charge on any atom is -0.461 e. The number of rotatable bonds is 5. The standard InChI is InChI=1S/C18H17N3O3/c1-3-23-18(22)15-11-16(24-21-15)14-5-4-6-17(20-14)19-13-9-7-12(2)8-10-13/h4-11H,3H2,1-2H3,(H,19,20). The number of benzene rings is 1. The second-order valence-corrected chi connectivity index (χ2v) is 5.20. The van der Waals surface area contributed by atoms with E-state index < -0.39 is 5.97 Å². The van der Waals surface area contributed by atoms with Crippen LogP contribution in [0.2, 0.25) is 0 Å². The lowest BCUT2D eigenvalue weighted by Crippen LogP contribution is -2.04. The fraction of sp³-hybridized carbons (Fsp3) is 0.167. The Labute approximate surface area is 139 Å². The minimum absolute atomic E-state index is 0.130. The van der Waals surface area contributed by atoms with Crippen LogP contribution in [0.25, 0.3) is 11.5 Å². The number of esters is 1. The van der Waals surface area contributed by atoms with Crippen LogP contribution in [0, 0.1) is 6.92 Å². The molecule has 2 heterocycles. The molecule has 0 unspecified atom stereocenters. The van der Waals surface area contributed by atoms with E-state index in [1.807, 2.05) is 43.3 Å². The second-order valence-electron chi connectivity index (χ2n) is 5.20. The number of carbonyl (C=O) groups is 1. The molecule has 0 aliphatic heterocycles. The maximum atomic E-state index is 11.6. The van der Waals surface area contributed by atoms with Crippen molar-refractivity contribution in [2.75, 3.05) is 11.9 Å². The molecule has 0 aliphatic carbocycles. The molecule has 0 saturated carbocycles. The molecular weight excluding hydrogens is 306 g/mol. The van der Waals surface area contributed by atoms with Crippen molar-refractivity contribution in [3.63, 3.8) is 0 Å². The van der Waals surface area contributed by atoms with Crippen LogP contribution >= 0.6 is 0 Å². The molecule has 6 heteroatoms. The van der Waals surface area contributed by atoms with Gasteiger partial charge in [-0.1, -0.05) is 28.9 Å². The minimum atomic E-state index is -0.513. The monoisotopic (exact) mass is 323 g/mol. The van der Waals surface area contributed by atoms with Crippen molar-refractivity contribution in [3.05, 3.63) is 59.8 Å². The van der Waals surface area contributed by atoms with E-state index in [1.54, 1.807) is 13.0 Å². The van der Waals surface area contributed by atoms with Crippen LogP contribution in [0.1, 0.15) is 23.0 Å². The van der Waals surface area contributed by atoms with Crippen LogP contribution in [0.4, 0.5) is 11.5 Å². The zero-order chi connectivity index (χ0) is 16.9. The van der Waals surface area contributed by atoms with E-state index in [4.69, 9.17) is 9.26 Å². The second kappa shape index (κ2) is 6.95. The van der Waals surface area contributed by atoms with E-state index in [0.29, 0.717) is 17.3 Å². The van der Waals surface area contributed by atoms with Crippen LogP contribution in [0.3, 0.4) is 0 Å². The van der Waals surface area contributed by atoms with Gasteiger partial charge in [0, 0.05) is 11.8 Å². The molecule has 0 spiro atoms. The van der Waals surface area contributed by atoms with Gasteiger partial charge in [-0.15, -0.1) is 0 Å². The lowest BCUT2D eigenvalue weighted by molar-refractivity contribution is 0.0514. The van der Waals surface area contributed by atoms with E-state index in [-0.39, 0.29) is 12.3 Å². The van der Waals surface area contributed by atoms with Gasteiger partial charge in [0.15, 0.2) is 11.5 Å². The van der Waals surface area contributed by atoms with Gasteiger partial charge in [0.2, 0.25) is 0 Å². The van der Waals surface area contributed by atoms with Crippen LogP contribution in [-0.4, -0.2) is 22.7 Å². The molecule has 0 fully saturated rings. The smallest absolute Gasteiger partial charge is 0.360 e. The zero-order valence-electron chi connectivity index (χ0n) is 13.4. The first-order valence-corrected chi connectivity index (χ1v) is 7.60. The summed E-state index contributed by atoms with van der Waals surface area (Å²) in [6.45, 7) is 4.06. The summed E-state index contributed by atoms with van der Waals surface area (Å²) in [5, 5.41) is 6.95. The molecule has 0 atom stereocenters. The summed E-state index contributed by atoms with van der Waals surface area (Å²) in [5.41, 5.74) is 2.84. The van der Waals surface area contributed by atoms with Crippen molar-refractivity contribution in [2.45, 2.75) is 13.8 Å². The fourth-order valence-electron chi connectivity index (χ4n) is 2.12. The van der Waals surface area contributed by atoms with Crippen LogP contribution in [-0.2, 0) is 4.74 Å². The first-order chi connectivity index (χ1) is 11.7. The molecule has 0 amide bonds. The molecule has 3 rings (SSSR count). The van der Waals surface area contributed by atoms with Gasteiger partial charge in [-0.05, 0) is 38.1 Å². The third-order valence-corrected chi connectivity index (χ3v) is 3.32. The van der Waals surface area contributed by atoms with Gasteiger partial charge in [0.25, 0.3) is 0 Å². The number of pyridine rings is 1. The Hall–Kier alpha value is -3.15. The summed E-state index contributed by atoms with van der Waals surface area (Å²) in [7, 11) is 0. The highest BCUT2D eigenvalue weighted by molar-refractivity contribution is 5.88. The van der Waals surface area contributed by atoms with Crippen molar-refractivity contribution in [1.29, 1.82) is 0 Å².